The average Bonchev–Trinajstić information content (AvgIpc) is 3.72. The van der Waals surface area contributed by atoms with Crippen molar-refractivity contribution < 1.29 is 85.6 Å². The van der Waals surface area contributed by atoms with Crippen molar-refractivity contribution in [1.29, 1.82) is 0 Å². The van der Waals surface area contributed by atoms with Gasteiger partial charge in [-0.25, -0.2) is 28.6 Å². The summed E-state index contributed by atoms with van der Waals surface area (Å²) >= 11 is 0.955. The highest BCUT2D eigenvalue weighted by Gasteiger charge is 2.50. The minimum absolute atomic E-state index is 0.0260. The van der Waals surface area contributed by atoms with Crippen molar-refractivity contribution in [2.45, 2.75) is 102 Å². The van der Waals surface area contributed by atoms with E-state index in [0.29, 0.717) is 0 Å². The van der Waals surface area contributed by atoms with Gasteiger partial charge in [0.25, 0.3) is 0 Å². The largest absolute Gasteiger partial charge is 0.481 e. The summed E-state index contributed by atoms with van der Waals surface area (Å²) in [5, 5.41) is 36.2. The second-order valence-electron chi connectivity index (χ2n) is 14.3. The van der Waals surface area contributed by atoms with Crippen LogP contribution >= 0.6 is 35.2 Å². The molecule has 0 aromatic carbocycles. The second-order valence-corrected chi connectivity index (χ2v) is 19.7. The van der Waals surface area contributed by atoms with Gasteiger partial charge in [-0.2, -0.15) is 4.31 Å². The highest BCUT2D eigenvalue weighted by atomic mass is 32.2. The number of carbonyl (C=O) groups is 3. The molecule has 2 aromatic heterocycles. The number of nitrogens with one attached hydrogen (secondary N) is 2. The number of allylic oxidation sites excluding steroid dienone is 1. The van der Waals surface area contributed by atoms with Crippen LogP contribution in [-0.4, -0.2) is 134 Å². The molecule has 2 amide bonds. The number of nitrogens with two attached hydrogens (primary N) is 1. The van der Waals surface area contributed by atoms with Crippen LogP contribution < -0.4 is 16.4 Å². The van der Waals surface area contributed by atoms with E-state index in [9.17, 15) is 63.0 Å². The molecule has 3 heterocycles. The van der Waals surface area contributed by atoms with Gasteiger partial charge in [-0.1, -0.05) is 63.9 Å². The minimum Gasteiger partial charge on any atom is -0.389 e. The van der Waals surface area contributed by atoms with Gasteiger partial charge in [-0.05, 0) is 12.8 Å². The lowest BCUT2D eigenvalue weighted by molar-refractivity contribution is -0.137. The number of carbonyl (C=O) groups excluding carboxylic acids is 3. The van der Waals surface area contributed by atoms with E-state index < -0.39 is 90.7 Å². The Labute approximate surface area is 354 Å². The number of hydrogen-bond donors (Lipinski definition) is 10. The molecule has 61 heavy (non-hydrogen) atoms. The number of aromatic nitrogens is 4. The predicted molar refractivity (Wildman–Crippen MR) is 216 cm³/mol. The molecule has 0 spiro atoms. The van der Waals surface area contributed by atoms with Crippen molar-refractivity contribution in [3.05, 3.63) is 24.8 Å². The average molecular weight is 950 g/mol. The number of aliphatic hydroxyl groups is 3. The molecule has 0 bridgehead atoms. The van der Waals surface area contributed by atoms with Gasteiger partial charge in [0.2, 0.25) is 11.8 Å². The predicted octanol–water partition coefficient (Wildman–Crippen LogP) is 0.942. The third-order valence-electron chi connectivity index (χ3n) is 8.72. The van der Waals surface area contributed by atoms with Gasteiger partial charge in [-0.15, -0.1) is 0 Å². The Morgan fingerprint density at radius 3 is 2.43 bits per heavy atom. The molecule has 0 aliphatic carbocycles. The normalized spacial score (nSPS) is 21.5. The van der Waals surface area contributed by atoms with Gasteiger partial charge in [0.15, 0.2) is 22.8 Å². The molecule has 1 fully saturated rings. The van der Waals surface area contributed by atoms with Crippen molar-refractivity contribution in [2.75, 3.05) is 37.8 Å². The number of phosphoric acid groups is 3. The number of fused-ring (bicyclic) bond motifs is 1. The van der Waals surface area contributed by atoms with E-state index in [-0.39, 0.29) is 53.8 Å². The number of amides is 2. The van der Waals surface area contributed by atoms with E-state index in [1.54, 1.807) is 6.08 Å². The Bertz CT molecular complexity index is 1950. The van der Waals surface area contributed by atoms with Gasteiger partial charge in [0, 0.05) is 37.1 Å². The molecule has 0 saturated carbocycles. The molecule has 25 nitrogen and oxygen atoms in total. The monoisotopic (exact) mass is 949 g/mol. The first-order chi connectivity index (χ1) is 28.4. The van der Waals surface area contributed by atoms with E-state index >= 15 is 0 Å². The summed E-state index contributed by atoms with van der Waals surface area (Å²) in [5.41, 5.74) is 4.24. The highest BCUT2D eigenvalue weighted by molar-refractivity contribution is 8.13. The van der Waals surface area contributed by atoms with Crippen molar-refractivity contribution in [1.82, 2.24) is 30.2 Å². The SMILES string of the molecule is CCCCCC/C=C/[C@@H](O)CC(=O)SCCNC(=O)CCNC(=O)[C@H](O)C(C)(C)COP(=O)(O)OP(=O)(O)OC[C@H]1O[C@@H](n2cnc3c(N)ncnc32)[C@H](O)[C@@H]1OP(=O)(O)O. The Balaban J connectivity index is 1.41. The summed E-state index contributed by atoms with van der Waals surface area (Å²) in [6.45, 7) is 2.47. The first-order valence-corrected chi connectivity index (χ1v) is 24.3. The summed E-state index contributed by atoms with van der Waals surface area (Å²) in [6, 6.07) is 0. The molecule has 1 saturated heterocycles. The highest BCUT2D eigenvalue weighted by Crippen LogP contribution is 2.61. The number of phosphoric ester groups is 3. The molecule has 11 N–H and O–H groups in total. The van der Waals surface area contributed by atoms with E-state index in [1.807, 2.05) is 6.08 Å². The smallest absolute Gasteiger partial charge is 0.389 e. The molecule has 29 heteroatoms. The maximum absolute atomic E-state index is 12.7. The molecule has 1 aliphatic heterocycles. The number of thioether (sulfide) groups is 1. The third-order valence-corrected chi connectivity index (χ3v) is 12.7. The van der Waals surface area contributed by atoms with Crippen molar-refractivity contribution in [3.63, 3.8) is 0 Å². The van der Waals surface area contributed by atoms with Gasteiger partial charge in [0.1, 0.15) is 36.3 Å². The van der Waals surface area contributed by atoms with Crippen molar-refractivity contribution >= 4 is 69.1 Å². The number of anilines is 1. The van der Waals surface area contributed by atoms with Crippen LogP contribution in [0.25, 0.3) is 11.2 Å². The van der Waals surface area contributed by atoms with Gasteiger partial charge in [0.05, 0.1) is 25.6 Å². The van der Waals surface area contributed by atoms with E-state index in [0.717, 1.165) is 61.1 Å². The Morgan fingerprint density at radius 2 is 1.74 bits per heavy atom. The number of rotatable bonds is 27. The lowest BCUT2D eigenvalue weighted by atomic mass is 9.87. The standard InChI is InChI=1S/C32H54N7O18P3S/c1-4-5-6-7-8-9-10-20(40)15-23(42)61-14-13-34-22(41)11-12-35-30(45)27(44)32(2,3)17-54-60(51,52)57-59(49,50)53-16-21-26(56-58(46,47)48)25(43)31(55-21)39-19-38-24-28(33)36-18-37-29(24)39/h9-10,18-21,25-27,31,40,43-44H,4-8,11-17H2,1-3H3,(H,34,41)(H,35,45)(H,49,50)(H,51,52)(H2,33,36,37)(H2,46,47,48)/b10-9+/t20-,21-,25-,26-,27+,31-/m1/s1. The Morgan fingerprint density at radius 1 is 1.03 bits per heavy atom. The summed E-state index contributed by atoms with van der Waals surface area (Å²) in [4.78, 5) is 87.9. The Hall–Kier alpha value is -2.74. The fraction of sp³-hybridized carbons (Fsp3) is 0.688. The van der Waals surface area contributed by atoms with Crippen LogP contribution in [-0.2, 0) is 50.7 Å². The summed E-state index contributed by atoms with van der Waals surface area (Å²) in [5.74, 6) is -1.27. The van der Waals surface area contributed by atoms with Crippen LogP contribution in [0.2, 0.25) is 0 Å². The molecule has 346 valence electrons. The molecular formula is C32H54N7O18P3S. The van der Waals surface area contributed by atoms with Gasteiger partial charge >= 0.3 is 23.5 Å². The summed E-state index contributed by atoms with van der Waals surface area (Å²) in [6.07, 6.45) is 0.738. The number of nitrogen functional groups attached to an aromatic ring is 1. The van der Waals surface area contributed by atoms with Gasteiger partial charge in [-0.3, -0.25) is 32.5 Å². The summed E-state index contributed by atoms with van der Waals surface area (Å²) in [7, 11) is -16.4. The van der Waals surface area contributed by atoms with Crippen LogP contribution in [0.15, 0.2) is 24.8 Å². The number of imidazole rings is 1. The number of aliphatic hydroxyl groups excluding tert-OH is 3. The topological polar surface area (TPSA) is 384 Å². The number of ether oxygens (including phenoxy) is 1. The van der Waals surface area contributed by atoms with Crippen LogP contribution in [0.3, 0.4) is 0 Å². The number of unbranched alkanes of at least 4 members (excludes halogenated alkanes) is 4. The molecular weight excluding hydrogens is 895 g/mol. The third kappa shape index (κ3) is 17.7. The van der Waals surface area contributed by atoms with E-state index in [4.69, 9.17) is 19.5 Å². The lowest BCUT2D eigenvalue weighted by Gasteiger charge is -2.30. The first kappa shape index (κ1) is 52.6. The fourth-order valence-corrected chi connectivity index (χ4v) is 9.08. The summed E-state index contributed by atoms with van der Waals surface area (Å²) < 4.78 is 62.2. The van der Waals surface area contributed by atoms with Crippen LogP contribution in [0.4, 0.5) is 5.82 Å². The second kappa shape index (κ2) is 23.8. The first-order valence-electron chi connectivity index (χ1n) is 18.8. The Kier molecular flexibility index (Phi) is 20.5. The minimum atomic E-state index is -5.58. The maximum atomic E-state index is 12.7. The van der Waals surface area contributed by atoms with Crippen molar-refractivity contribution in [3.8, 4) is 0 Å². The zero-order valence-electron chi connectivity index (χ0n) is 33.5. The zero-order valence-corrected chi connectivity index (χ0v) is 37.0. The molecule has 8 atom stereocenters. The molecule has 2 aromatic rings. The van der Waals surface area contributed by atoms with Crippen LogP contribution in [0.5, 0.6) is 0 Å². The van der Waals surface area contributed by atoms with Crippen LogP contribution in [0, 0.1) is 5.41 Å². The molecule has 0 radical (unpaired) electrons. The molecule has 3 rings (SSSR count). The van der Waals surface area contributed by atoms with Crippen LogP contribution in [0.1, 0.15) is 71.9 Å². The van der Waals surface area contributed by atoms with E-state index in [1.165, 1.54) is 13.8 Å². The lowest BCUT2D eigenvalue weighted by Crippen LogP contribution is -2.46. The number of hydrogen-bond acceptors (Lipinski definition) is 19. The van der Waals surface area contributed by atoms with Crippen molar-refractivity contribution in [2.24, 2.45) is 5.41 Å². The van der Waals surface area contributed by atoms with E-state index in [2.05, 4.69) is 41.3 Å². The fourth-order valence-electron chi connectivity index (χ4n) is 5.54. The quantitative estimate of drug-likeness (QED) is 0.0338. The maximum Gasteiger partial charge on any atom is 0.481 e. The molecule has 2 unspecified atom stereocenters. The molecule has 1 aliphatic rings. The zero-order chi connectivity index (χ0) is 45.6. The number of nitrogens with zero attached hydrogens (tertiary/aromatic N) is 4. The van der Waals surface area contributed by atoms with Gasteiger partial charge < -0.3 is 56.0 Å².